The molecule has 0 spiro atoms. The average Bonchev–Trinajstić information content (AvgIpc) is 2.29. The van der Waals surface area contributed by atoms with Crippen molar-refractivity contribution in [2.24, 2.45) is 0 Å². The molecule has 0 heterocycles. The predicted octanol–water partition coefficient (Wildman–Crippen LogP) is 2.28. The van der Waals surface area contributed by atoms with Crippen molar-refractivity contribution in [1.82, 2.24) is 0 Å². The van der Waals surface area contributed by atoms with E-state index < -0.39 is 6.72 Å². The zero-order chi connectivity index (χ0) is 12.2. The smallest absolute Gasteiger partial charge is 0.380 e. The van der Waals surface area contributed by atoms with Gasteiger partial charge in [-0.2, -0.15) is 0 Å². The third-order valence-corrected chi connectivity index (χ3v) is 4.17. The summed E-state index contributed by atoms with van der Waals surface area (Å²) in [6.45, 7) is -2.76. The van der Waals surface area contributed by atoms with Crippen LogP contribution in [0.5, 0.6) is 5.75 Å². The lowest BCUT2D eigenvalue weighted by atomic mass is 10.3. The molecule has 0 saturated heterocycles. The lowest BCUT2D eigenvalue weighted by Gasteiger charge is -2.22. The van der Waals surface area contributed by atoms with Gasteiger partial charge in [0.15, 0.2) is 0 Å². The van der Waals surface area contributed by atoms with Crippen LogP contribution in [0.4, 0.5) is 5.69 Å². The lowest BCUT2D eigenvalue weighted by Crippen LogP contribution is -2.06. The number of rotatable bonds is 5. The molecule has 1 rings (SSSR count). The molecule has 0 aliphatic heterocycles. The van der Waals surface area contributed by atoms with Crippen molar-refractivity contribution in [1.29, 1.82) is 0 Å². The molecule has 6 nitrogen and oxygen atoms in total. The van der Waals surface area contributed by atoms with Crippen LogP contribution in [0.2, 0.25) is 0 Å². The van der Waals surface area contributed by atoms with Crippen LogP contribution in [-0.2, 0) is 20.9 Å². The number of anilines is 1. The van der Waals surface area contributed by atoms with Gasteiger partial charge >= 0.3 is 6.72 Å². The van der Waals surface area contributed by atoms with Crippen LogP contribution in [0.15, 0.2) is 24.3 Å². The van der Waals surface area contributed by atoms with Crippen LogP contribution in [0.3, 0.4) is 0 Å². The lowest BCUT2D eigenvalue weighted by molar-refractivity contribution is 0.273. The molecular formula is C8H11NO5PS-. The van der Waals surface area contributed by atoms with Gasteiger partial charge in [-0.15, -0.1) is 0 Å². The standard InChI is InChI=1S/C8H11NO5PS/c1-12-15(16,13-2)14-8-5-3-7(4-6-8)9(10)11/h3-6,10H,1-2H3/q-1. The van der Waals surface area contributed by atoms with Gasteiger partial charge in [0.1, 0.15) is 5.75 Å². The summed E-state index contributed by atoms with van der Waals surface area (Å²) in [5, 5.41) is 18.9. The summed E-state index contributed by atoms with van der Waals surface area (Å²) >= 11 is 4.99. The molecule has 16 heavy (non-hydrogen) atoms. The van der Waals surface area contributed by atoms with Gasteiger partial charge in [-0.3, -0.25) is 5.21 Å². The van der Waals surface area contributed by atoms with Crippen LogP contribution in [0.25, 0.3) is 0 Å². The van der Waals surface area contributed by atoms with Gasteiger partial charge in [0.2, 0.25) is 0 Å². The van der Waals surface area contributed by atoms with Crippen molar-refractivity contribution in [2.75, 3.05) is 19.4 Å². The first-order valence-corrected chi connectivity index (χ1v) is 6.73. The molecule has 1 N–H and O–H groups in total. The summed E-state index contributed by atoms with van der Waals surface area (Å²) in [7, 11) is 2.79. The molecule has 1 aromatic rings. The van der Waals surface area contributed by atoms with Gasteiger partial charge < -0.3 is 24.0 Å². The second-order valence-electron chi connectivity index (χ2n) is 2.67. The molecule has 8 heteroatoms. The Balaban J connectivity index is 2.79. The molecule has 0 unspecified atom stereocenters. The first kappa shape index (κ1) is 13.4. The monoisotopic (exact) mass is 264 g/mol. The zero-order valence-electron chi connectivity index (χ0n) is 8.69. The number of nitrogens with zero attached hydrogens (tertiary/aromatic N) is 1. The van der Waals surface area contributed by atoms with E-state index in [1.165, 1.54) is 38.5 Å². The van der Waals surface area contributed by atoms with E-state index in [0.29, 0.717) is 5.75 Å². The largest absolute Gasteiger partial charge is 0.733 e. The van der Waals surface area contributed by atoms with Crippen LogP contribution in [0.1, 0.15) is 0 Å². The van der Waals surface area contributed by atoms with E-state index in [4.69, 9.17) is 30.6 Å². The van der Waals surface area contributed by atoms with Gasteiger partial charge in [0.25, 0.3) is 0 Å². The normalized spacial score (nSPS) is 11.2. The Morgan fingerprint density at radius 2 is 1.75 bits per heavy atom. The van der Waals surface area contributed by atoms with Crippen molar-refractivity contribution in [2.45, 2.75) is 0 Å². The van der Waals surface area contributed by atoms with E-state index in [2.05, 4.69) is 0 Å². The Morgan fingerprint density at radius 1 is 1.25 bits per heavy atom. The molecule has 0 atom stereocenters. The fourth-order valence-corrected chi connectivity index (χ4v) is 1.85. The first-order chi connectivity index (χ1) is 7.50. The Bertz CT molecular complexity index is 375. The van der Waals surface area contributed by atoms with Crippen molar-refractivity contribution in [3.8, 4) is 5.75 Å². The zero-order valence-corrected chi connectivity index (χ0v) is 10.4. The van der Waals surface area contributed by atoms with Gasteiger partial charge in [0.05, 0.1) is 5.69 Å². The highest BCUT2D eigenvalue weighted by Crippen LogP contribution is 2.48. The van der Waals surface area contributed by atoms with Crippen LogP contribution >= 0.6 is 6.72 Å². The number of benzene rings is 1. The number of hydrogen-bond donors (Lipinski definition) is 1. The Morgan fingerprint density at radius 3 is 2.12 bits per heavy atom. The Labute approximate surface area is 98.1 Å². The predicted molar refractivity (Wildman–Crippen MR) is 63.0 cm³/mol. The number of hydrogen-bond acceptors (Lipinski definition) is 7. The van der Waals surface area contributed by atoms with Gasteiger partial charge in [-0.25, -0.2) is 0 Å². The fourth-order valence-electron chi connectivity index (χ4n) is 0.913. The molecule has 0 amide bonds. The van der Waals surface area contributed by atoms with E-state index in [-0.39, 0.29) is 10.9 Å². The van der Waals surface area contributed by atoms with Crippen molar-refractivity contribution in [3.63, 3.8) is 0 Å². The maximum absolute atomic E-state index is 10.5. The summed E-state index contributed by atoms with van der Waals surface area (Å²) in [4.78, 5) is 0. The topological polar surface area (TPSA) is 74.2 Å². The minimum atomic E-state index is -2.76. The minimum Gasteiger partial charge on any atom is -0.733 e. The Hall–Kier alpha value is -0.690. The molecule has 0 bridgehead atoms. The molecule has 0 radical (unpaired) electrons. The first-order valence-electron chi connectivity index (χ1n) is 4.18. The second-order valence-corrected chi connectivity index (χ2v) is 5.82. The summed E-state index contributed by atoms with van der Waals surface area (Å²) in [6.07, 6.45) is 0. The third-order valence-electron chi connectivity index (χ3n) is 1.72. The molecule has 0 aromatic heterocycles. The molecule has 0 aliphatic rings. The maximum atomic E-state index is 10.5. The average molecular weight is 264 g/mol. The van der Waals surface area contributed by atoms with E-state index in [1.807, 2.05) is 0 Å². The molecular weight excluding hydrogens is 253 g/mol. The van der Waals surface area contributed by atoms with Crippen molar-refractivity contribution in [3.05, 3.63) is 29.5 Å². The summed E-state index contributed by atoms with van der Waals surface area (Å²) in [6, 6.07) is 5.73. The molecule has 0 saturated carbocycles. The van der Waals surface area contributed by atoms with Crippen molar-refractivity contribution < 1.29 is 18.8 Å². The van der Waals surface area contributed by atoms with E-state index in [0.717, 1.165) is 0 Å². The SMILES string of the molecule is COP(=S)(OC)Oc1ccc(N([O-])O)cc1. The van der Waals surface area contributed by atoms with Crippen LogP contribution in [-0.4, -0.2) is 19.4 Å². The fraction of sp³-hybridized carbons (Fsp3) is 0.250. The highest BCUT2D eigenvalue weighted by Gasteiger charge is 2.17. The quantitative estimate of drug-likeness (QED) is 0.645. The van der Waals surface area contributed by atoms with Crippen LogP contribution < -0.4 is 9.75 Å². The van der Waals surface area contributed by atoms with Crippen LogP contribution in [0, 0.1) is 5.21 Å². The summed E-state index contributed by atoms with van der Waals surface area (Å²) in [5.41, 5.74) is 0.0930. The second kappa shape index (κ2) is 5.58. The third kappa shape index (κ3) is 3.41. The highest BCUT2D eigenvalue weighted by atomic mass is 32.5. The van der Waals surface area contributed by atoms with E-state index >= 15 is 0 Å². The minimum absolute atomic E-state index is 0.0930. The van der Waals surface area contributed by atoms with Gasteiger partial charge in [-0.05, 0) is 24.3 Å². The van der Waals surface area contributed by atoms with Crippen molar-refractivity contribution >= 4 is 24.2 Å². The summed E-state index contributed by atoms with van der Waals surface area (Å²) < 4.78 is 15.2. The van der Waals surface area contributed by atoms with Gasteiger partial charge in [-0.1, -0.05) is 0 Å². The molecule has 90 valence electrons. The molecule has 0 fully saturated rings. The van der Waals surface area contributed by atoms with E-state index in [9.17, 15) is 5.21 Å². The maximum Gasteiger partial charge on any atom is 0.380 e. The highest BCUT2D eigenvalue weighted by molar-refractivity contribution is 8.07. The van der Waals surface area contributed by atoms with E-state index in [1.54, 1.807) is 0 Å². The van der Waals surface area contributed by atoms with Gasteiger partial charge in [0, 0.05) is 26.0 Å². The molecule has 1 aromatic carbocycles. The summed E-state index contributed by atoms with van der Waals surface area (Å²) in [5.74, 6) is 0.401. The molecule has 0 aliphatic carbocycles. The Kier molecular flexibility index (Phi) is 4.67.